The van der Waals surface area contributed by atoms with Gasteiger partial charge in [0.1, 0.15) is 31.0 Å². The van der Waals surface area contributed by atoms with E-state index in [1.165, 1.54) is 7.11 Å². The van der Waals surface area contributed by atoms with Crippen LogP contribution >= 0.6 is 0 Å². The number of hydrogen-bond donors (Lipinski definition) is 1. The van der Waals surface area contributed by atoms with E-state index in [2.05, 4.69) is 20.3 Å². The molecule has 132 valence electrons. The Morgan fingerprint density at radius 2 is 1.68 bits per heavy atom. The Morgan fingerprint density at radius 3 is 2.40 bits per heavy atom. The molecule has 2 aromatic rings. The summed E-state index contributed by atoms with van der Waals surface area (Å²) in [5, 5.41) is 7.98. The second kappa shape index (κ2) is 9.36. The van der Waals surface area contributed by atoms with Crippen molar-refractivity contribution in [2.75, 3.05) is 19.5 Å². The predicted octanol–water partition coefficient (Wildman–Crippen LogP) is 2.80. The van der Waals surface area contributed by atoms with Crippen molar-refractivity contribution in [1.82, 2.24) is 9.97 Å². The molecule has 0 atom stereocenters. The van der Waals surface area contributed by atoms with Gasteiger partial charge in [0, 0.05) is 5.69 Å². The first-order chi connectivity index (χ1) is 12.1. The summed E-state index contributed by atoms with van der Waals surface area (Å²) in [6.45, 7) is 4.20. The first kappa shape index (κ1) is 18.4. The highest BCUT2D eigenvalue weighted by Crippen LogP contribution is 2.06. The van der Waals surface area contributed by atoms with E-state index < -0.39 is 0 Å². The molecule has 0 spiro atoms. The lowest BCUT2D eigenvalue weighted by atomic mass is 10.2. The first-order valence-corrected chi connectivity index (χ1v) is 8.03. The standard InChI is InChI=1S/C18H23N5O2/c1-13(22-24-3)16-9-4-7-15(20-16)8-6-12-25-23-14(2)17-10-5-11-18(19)21-17/h4-5,7,9-11H,6,8,12H2,1-3H3,(H2,19,21)/b22-13+,23-14+. The second-order valence-corrected chi connectivity index (χ2v) is 5.43. The lowest BCUT2D eigenvalue weighted by Gasteiger charge is -2.05. The fourth-order valence-corrected chi connectivity index (χ4v) is 2.16. The minimum absolute atomic E-state index is 0.463. The SMILES string of the molecule is CO/N=C(\C)c1cccc(CCCO/N=C(\C)c2cccc(N)n2)n1. The highest BCUT2D eigenvalue weighted by molar-refractivity contribution is 5.97. The number of aryl methyl sites for hydroxylation is 1. The molecule has 0 fully saturated rings. The van der Waals surface area contributed by atoms with E-state index in [0.29, 0.717) is 23.8 Å². The van der Waals surface area contributed by atoms with Crippen LogP contribution in [-0.2, 0) is 16.1 Å². The topological polar surface area (TPSA) is 95.0 Å². The van der Waals surface area contributed by atoms with Gasteiger partial charge in [-0.2, -0.15) is 0 Å². The average Bonchev–Trinajstić information content (AvgIpc) is 2.61. The highest BCUT2D eigenvalue weighted by atomic mass is 16.6. The zero-order chi connectivity index (χ0) is 18.1. The molecule has 0 saturated heterocycles. The first-order valence-electron chi connectivity index (χ1n) is 8.03. The number of nitrogens with zero attached hydrogens (tertiary/aromatic N) is 4. The average molecular weight is 341 g/mol. The van der Waals surface area contributed by atoms with Gasteiger partial charge in [-0.05, 0) is 51.0 Å². The van der Waals surface area contributed by atoms with Crippen molar-refractivity contribution in [3.63, 3.8) is 0 Å². The van der Waals surface area contributed by atoms with E-state index >= 15 is 0 Å². The highest BCUT2D eigenvalue weighted by Gasteiger charge is 2.03. The van der Waals surface area contributed by atoms with Gasteiger partial charge in [0.15, 0.2) is 0 Å². The molecular formula is C18H23N5O2. The molecule has 0 aromatic carbocycles. The van der Waals surface area contributed by atoms with E-state index in [0.717, 1.165) is 29.9 Å². The van der Waals surface area contributed by atoms with Crippen LogP contribution in [0.2, 0.25) is 0 Å². The Labute approximate surface area is 147 Å². The molecule has 0 aliphatic heterocycles. The van der Waals surface area contributed by atoms with Crippen molar-refractivity contribution in [2.24, 2.45) is 10.3 Å². The number of nitrogens with two attached hydrogens (primary N) is 1. The van der Waals surface area contributed by atoms with E-state index in [4.69, 9.17) is 15.4 Å². The molecule has 0 radical (unpaired) electrons. The third kappa shape index (κ3) is 5.87. The van der Waals surface area contributed by atoms with E-state index in [1.807, 2.05) is 44.2 Å². The van der Waals surface area contributed by atoms with Crippen molar-refractivity contribution < 1.29 is 9.68 Å². The molecule has 2 heterocycles. The van der Waals surface area contributed by atoms with Gasteiger partial charge in [-0.25, -0.2) is 4.98 Å². The summed E-state index contributed by atoms with van der Waals surface area (Å²) >= 11 is 0. The minimum Gasteiger partial charge on any atom is -0.399 e. The third-order valence-electron chi connectivity index (χ3n) is 3.42. The van der Waals surface area contributed by atoms with Crippen LogP contribution in [0.3, 0.4) is 0 Å². The summed E-state index contributed by atoms with van der Waals surface area (Å²) in [6.07, 6.45) is 1.59. The molecular weight excluding hydrogens is 318 g/mol. The van der Waals surface area contributed by atoms with Crippen molar-refractivity contribution in [2.45, 2.75) is 26.7 Å². The van der Waals surface area contributed by atoms with Crippen LogP contribution in [0, 0.1) is 0 Å². The Kier molecular flexibility index (Phi) is 6.88. The van der Waals surface area contributed by atoms with Crippen molar-refractivity contribution >= 4 is 17.2 Å². The van der Waals surface area contributed by atoms with Gasteiger partial charge in [-0.15, -0.1) is 0 Å². The molecule has 7 nitrogen and oxygen atoms in total. The maximum Gasteiger partial charge on any atom is 0.124 e. The van der Waals surface area contributed by atoms with Gasteiger partial charge in [0.25, 0.3) is 0 Å². The zero-order valence-corrected chi connectivity index (χ0v) is 14.8. The number of oxime groups is 2. The number of anilines is 1. The minimum atomic E-state index is 0.463. The Hall–Kier alpha value is -2.96. The number of pyridine rings is 2. The molecule has 0 bridgehead atoms. The van der Waals surface area contributed by atoms with Crippen LogP contribution in [-0.4, -0.2) is 35.1 Å². The molecule has 0 unspecified atom stereocenters. The zero-order valence-electron chi connectivity index (χ0n) is 14.8. The lowest BCUT2D eigenvalue weighted by Crippen LogP contribution is -2.04. The van der Waals surface area contributed by atoms with Gasteiger partial charge in [0.2, 0.25) is 0 Å². The smallest absolute Gasteiger partial charge is 0.124 e. The number of hydrogen-bond acceptors (Lipinski definition) is 7. The normalized spacial score (nSPS) is 12.1. The maximum atomic E-state index is 5.66. The summed E-state index contributed by atoms with van der Waals surface area (Å²) in [4.78, 5) is 18.9. The molecule has 2 N–H and O–H groups in total. The van der Waals surface area contributed by atoms with Crippen LogP contribution in [0.5, 0.6) is 0 Å². The van der Waals surface area contributed by atoms with Gasteiger partial charge in [-0.1, -0.05) is 22.4 Å². The second-order valence-electron chi connectivity index (χ2n) is 5.43. The molecule has 0 amide bonds. The van der Waals surface area contributed by atoms with Gasteiger partial charge < -0.3 is 15.4 Å². The lowest BCUT2D eigenvalue weighted by molar-refractivity contribution is 0.141. The number of aromatic nitrogens is 2. The van der Waals surface area contributed by atoms with Gasteiger partial charge >= 0.3 is 0 Å². The largest absolute Gasteiger partial charge is 0.399 e. The van der Waals surface area contributed by atoms with Crippen LogP contribution in [0.1, 0.15) is 37.4 Å². The molecule has 7 heteroatoms. The Bertz CT molecular complexity index is 759. The van der Waals surface area contributed by atoms with E-state index in [1.54, 1.807) is 6.07 Å². The number of rotatable bonds is 8. The maximum absolute atomic E-state index is 5.66. The summed E-state index contributed by atoms with van der Waals surface area (Å²) in [6, 6.07) is 11.3. The van der Waals surface area contributed by atoms with Gasteiger partial charge in [0.05, 0.1) is 11.4 Å². The van der Waals surface area contributed by atoms with Crippen molar-refractivity contribution in [1.29, 1.82) is 0 Å². The van der Waals surface area contributed by atoms with Crippen LogP contribution in [0.15, 0.2) is 46.7 Å². The van der Waals surface area contributed by atoms with Gasteiger partial charge in [-0.3, -0.25) is 4.98 Å². The van der Waals surface area contributed by atoms with Crippen LogP contribution < -0.4 is 5.73 Å². The van der Waals surface area contributed by atoms with Crippen LogP contribution in [0.4, 0.5) is 5.82 Å². The fraction of sp³-hybridized carbons (Fsp3) is 0.333. The Balaban J connectivity index is 1.82. The molecule has 0 saturated carbocycles. The molecule has 2 aromatic heterocycles. The summed E-state index contributed by atoms with van der Waals surface area (Å²) in [5.74, 6) is 0.463. The Morgan fingerprint density at radius 1 is 1.00 bits per heavy atom. The van der Waals surface area contributed by atoms with Crippen LogP contribution in [0.25, 0.3) is 0 Å². The quantitative estimate of drug-likeness (QED) is 0.452. The molecule has 0 aliphatic carbocycles. The molecule has 0 aliphatic rings. The number of nitrogen functional groups attached to an aromatic ring is 1. The summed E-state index contributed by atoms with van der Waals surface area (Å²) in [5.41, 5.74) is 9.59. The predicted molar refractivity (Wildman–Crippen MR) is 98.6 cm³/mol. The fourth-order valence-electron chi connectivity index (χ4n) is 2.16. The molecule has 25 heavy (non-hydrogen) atoms. The third-order valence-corrected chi connectivity index (χ3v) is 3.42. The molecule has 2 rings (SSSR count). The van der Waals surface area contributed by atoms with E-state index in [-0.39, 0.29) is 0 Å². The van der Waals surface area contributed by atoms with Crippen molar-refractivity contribution in [3.05, 3.63) is 53.5 Å². The van der Waals surface area contributed by atoms with Crippen molar-refractivity contribution in [3.8, 4) is 0 Å². The summed E-state index contributed by atoms with van der Waals surface area (Å²) in [7, 11) is 1.52. The summed E-state index contributed by atoms with van der Waals surface area (Å²) < 4.78 is 0. The monoisotopic (exact) mass is 341 g/mol. The van der Waals surface area contributed by atoms with E-state index in [9.17, 15) is 0 Å².